The van der Waals surface area contributed by atoms with Crippen LogP contribution in [0.15, 0.2) is 47.7 Å². The van der Waals surface area contributed by atoms with Crippen LogP contribution >= 0.6 is 0 Å². The van der Waals surface area contributed by atoms with Crippen molar-refractivity contribution < 1.29 is 19.1 Å². The fourth-order valence-corrected chi connectivity index (χ4v) is 4.61. The van der Waals surface area contributed by atoms with Crippen molar-refractivity contribution in [3.63, 3.8) is 0 Å². The topological polar surface area (TPSA) is 55.8 Å². The first-order valence-corrected chi connectivity index (χ1v) is 10.3. The highest BCUT2D eigenvalue weighted by Gasteiger charge is 2.41. The molecule has 0 N–H and O–H groups in total. The van der Waals surface area contributed by atoms with Crippen LogP contribution in [0.1, 0.15) is 48.3 Å². The van der Waals surface area contributed by atoms with Crippen molar-refractivity contribution in [2.24, 2.45) is 0 Å². The number of hydrogen-bond donors (Lipinski definition) is 0. The number of benzene rings is 2. The molecule has 1 aliphatic heterocycles. The number of para-hydroxylation sites is 1. The van der Waals surface area contributed by atoms with Crippen molar-refractivity contribution in [3.8, 4) is 11.5 Å². The van der Waals surface area contributed by atoms with Gasteiger partial charge in [0.2, 0.25) is 5.91 Å². The average Bonchev–Trinajstić information content (AvgIpc) is 2.74. The van der Waals surface area contributed by atoms with E-state index in [4.69, 9.17) is 9.47 Å². The van der Waals surface area contributed by atoms with E-state index in [0.717, 1.165) is 34.5 Å². The molecular weight excluding hydrogens is 378 g/mol. The summed E-state index contributed by atoms with van der Waals surface area (Å²) >= 11 is 0. The summed E-state index contributed by atoms with van der Waals surface area (Å²) in [7, 11) is 3.18. The van der Waals surface area contributed by atoms with Gasteiger partial charge < -0.3 is 9.47 Å². The summed E-state index contributed by atoms with van der Waals surface area (Å²) in [6.07, 6.45) is 2.20. The number of carbonyl (C=O) groups excluding carboxylic acids is 2. The molecule has 0 saturated heterocycles. The van der Waals surface area contributed by atoms with Gasteiger partial charge in [-0.2, -0.15) is 0 Å². The van der Waals surface area contributed by atoms with Gasteiger partial charge >= 0.3 is 0 Å². The molecule has 2 aromatic carbocycles. The molecule has 156 valence electrons. The van der Waals surface area contributed by atoms with Crippen LogP contribution in [-0.2, 0) is 9.59 Å². The van der Waals surface area contributed by atoms with Crippen LogP contribution in [0.25, 0.3) is 0 Å². The van der Waals surface area contributed by atoms with Crippen LogP contribution in [0.2, 0.25) is 0 Å². The smallest absolute Gasteiger partial charge is 0.232 e. The molecule has 5 nitrogen and oxygen atoms in total. The Balaban J connectivity index is 1.89. The summed E-state index contributed by atoms with van der Waals surface area (Å²) in [5.41, 5.74) is 5.54. The molecule has 1 amide bonds. The standard InChI is InChI=1S/C25H27NO4/c1-15-11-12-17(13-16(15)2)26-20-8-6-9-21(27)24(20)19(14-23(26)28)18-7-5-10-22(29-3)25(18)30-4/h5,7,10-13,19H,6,8-9,14H2,1-4H3. The van der Waals surface area contributed by atoms with Crippen LogP contribution in [0.5, 0.6) is 11.5 Å². The Morgan fingerprint density at radius 2 is 1.77 bits per heavy atom. The summed E-state index contributed by atoms with van der Waals surface area (Å²) in [6.45, 7) is 4.09. The highest BCUT2D eigenvalue weighted by molar-refractivity contribution is 6.07. The van der Waals surface area contributed by atoms with Crippen molar-refractivity contribution in [3.05, 3.63) is 64.4 Å². The maximum absolute atomic E-state index is 13.4. The van der Waals surface area contributed by atoms with Gasteiger partial charge in [-0.25, -0.2) is 0 Å². The molecule has 4 rings (SSSR count). The van der Waals surface area contributed by atoms with Gasteiger partial charge in [-0.3, -0.25) is 14.5 Å². The van der Waals surface area contributed by atoms with Crippen LogP contribution in [-0.4, -0.2) is 25.9 Å². The maximum atomic E-state index is 13.4. The van der Waals surface area contributed by atoms with E-state index < -0.39 is 0 Å². The van der Waals surface area contributed by atoms with Crippen molar-refractivity contribution in [2.45, 2.75) is 45.4 Å². The van der Waals surface area contributed by atoms with Gasteiger partial charge in [0, 0.05) is 41.3 Å². The van der Waals surface area contributed by atoms with Gasteiger partial charge in [0.1, 0.15) is 0 Å². The number of nitrogens with zero attached hydrogens (tertiary/aromatic N) is 1. The minimum absolute atomic E-state index is 0.00146. The molecule has 2 aromatic rings. The average molecular weight is 405 g/mol. The summed E-state index contributed by atoms with van der Waals surface area (Å²) < 4.78 is 11.1. The first-order chi connectivity index (χ1) is 14.5. The number of ketones is 1. The number of amides is 1. The Kier molecular flexibility index (Phi) is 5.37. The Morgan fingerprint density at radius 1 is 0.967 bits per heavy atom. The van der Waals surface area contributed by atoms with Crippen molar-refractivity contribution in [1.29, 1.82) is 0 Å². The molecule has 1 aliphatic carbocycles. The minimum atomic E-state index is -0.326. The van der Waals surface area contributed by atoms with E-state index in [9.17, 15) is 9.59 Å². The molecule has 1 atom stereocenters. The first-order valence-electron chi connectivity index (χ1n) is 10.3. The number of allylic oxidation sites excluding steroid dienone is 2. The fraction of sp³-hybridized carbons (Fsp3) is 0.360. The molecule has 0 fully saturated rings. The van der Waals surface area contributed by atoms with Crippen molar-refractivity contribution >= 4 is 17.4 Å². The van der Waals surface area contributed by atoms with E-state index in [1.807, 2.05) is 43.3 Å². The van der Waals surface area contributed by atoms with Gasteiger partial charge in [0.25, 0.3) is 0 Å². The molecule has 1 heterocycles. The third-order valence-corrected chi connectivity index (χ3v) is 6.23. The number of aryl methyl sites for hydroxylation is 2. The highest BCUT2D eigenvalue weighted by Crippen LogP contribution is 2.47. The molecule has 5 heteroatoms. The Hall–Kier alpha value is -3.08. The van der Waals surface area contributed by atoms with Crippen LogP contribution < -0.4 is 14.4 Å². The molecule has 0 radical (unpaired) electrons. The molecule has 1 unspecified atom stereocenters. The normalized spacial score (nSPS) is 19.1. The molecule has 2 aliphatic rings. The summed E-state index contributed by atoms with van der Waals surface area (Å²) in [5.74, 6) is 0.981. The third-order valence-electron chi connectivity index (χ3n) is 6.23. The number of hydrogen-bond acceptors (Lipinski definition) is 4. The predicted octanol–water partition coefficient (Wildman–Crippen LogP) is 4.85. The number of methoxy groups -OCH3 is 2. The number of ether oxygens (including phenoxy) is 2. The van der Waals surface area contributed by atoms with Gasteiger partial charge in [-0.05, 0) is 56.0 Å². The van der Waals surface area contributed by atoms with Crippen LogP contribution in [0, 0.1) is 13.8 Å². The Morgan fingerprint density at radius 3 is 2.47 bits per heavy atom. The van der Waals surface area contributed by atoms with Crippen LogP contribution in [0.3, 0.4) is 0 Å². The van der Waals surface area contributed by atoms with E-state index >= 15 is 0 Å². The summed E-state index contributed by atoms with van der Waals surface area (Å²) in [6, 6.07) is 11.7. The second-order valence-corrected chi connectivity index (χ2v) is 7.97. The number of carbonyl (C=O) groups is 2. The van der Waals surface area contributed by atoms with E-state index in [1.165, 1.54) is 5.56 Å². The minimum Gasteiger partial charge on any atom is -0.493 e. The number of Topliss-reactive ketones (excluding diaryl/α,β-unsaturated/α-hetero) is 1. The monoisotopic (exact) mass is 405 g/mol. The Bertz CT molecular complexity index is 1050. The number of anilines is 1. The van der Waals surface area contributed by atoms with Crippen molar-refractivity contribution in [1.82, 2.24) is 0 Å². The van der Waals surface area contributed by atoms with Gasteiger partial charge in [0.05, 0.1) is 14.2 Å². The van der Waals surface area contributed by atoms with E-state index in [2.05, 4.69) is 6.92 Å². The van der Waals surface area contributed by atoms with Crippen molar-refractivity contribution in [2.75, 3.05) is 19.1 Å². The molecule has 0 saturated carbocycles. The lowest BCUT2D eigenvalue weighted by molar-refractivity contribution is -0.119. The first kappa shape index (κ1) is 20.2. The van der Waals surface area contributed by atoms with Gasteiger partial charge in [0.15, 0.2) is 17.3 Å². The zero-order chi connectivity index (χ0) is 21.4. The Labute approximate surface area is 177 Å². The van der Waals surface area contributed by atoms with E-state index in [1.54, 1.807) is 19.1 Å². The van der Waals surface area contributed by atoms with Gasteiger partial charge in [-0.15, -0.1) is 0 Å². The predicted molar refractivity (Wildman–Crippen MR) is 116 cm³/mol. The lowest BCUT2D eigenvalue weighted by Gasteiger charge is -2.38. The molecule has 30 heavy (non-hydrogen) atoms. The molecule has 0 spiro atoms. The number of rotatable bonds is 4. The largest absolute Gasteiger partial charge is 0.493 e. The zero-order valence-electron chi connectivity index (χ0n) is 18.0. The fourth-order valence-electron chi connectivity index (χ4n) is 4.61. The quantitative estimate of drug-likeness (QED) is 0.730. The lowest BCUT2D eigenvalue weighted by Crippen LogP contribution is -2.40. The maximum Gasteiger partial charge on any atom is 0.232 e. The lowest BCUT2D eigenvalue weighted by atomic mass is 9.76. The summed E-state index contributed by atoms with van der Waals surface area (Å²) in [5, 5.41) is 0. The summed E-state index contributed by atoms with van der Waals surface area (Å²) in [4.78, 5) is 28.3. The second-order valence-electron chi connectivity index (χ2n) is 7.97. The molecule has 0 bridgehead atoms. The zero-order valence-corrected chi connectivity index (χ0v) is 18.0. The molecule has 0 aromatic heterocycles. The van der Waals surface area contributed by atoms with Crippen LogP contribution in [0.4, 0.5) is 5.69 Å². The SMILES string of the molecule is COc1cccc(C2CC(=O)N(c3ccc(C)c(C)c3)C3=C2C(=O)CCC3)c1OC. The second kappa shape index (κ2) is 7.98. The molecular formula is C25H27NO4. The highest BCUT2D eigenvalue weighted by atomic mass is 16.5. The van der Waals surface area contributed by atoms with Gasteiger partial charge in [-0.1, -0.05) is 18.2 Å². The third kappa shape index (κ3) is 3.28. The van der Waals surface area contributed by atoms with E-state index in [0.29, 0.717) is 24.3 Å². The van der Waals surface area contributed by atoms with E-state index in [-0.39, 0.29) is 24.0 Å².